The van der Waals surface area contributed by atoms with Crippen molar-refractivity contribution in [2.45, 2.75) is 24.8 Å². The lowest BCUT2D eigenvalue weighted by molar-refractivity contribution is 0.0599. The molecule has 0 saturated heterocycles. The van der Waals surface area contributed by atoms with Gasteiger partial charge in [-0.15, -0.1) is 0 Å². The summed E-state index contributed by atoms with van der Waals surface area (Å²) in [6, 6.07) is 7.67. The molecule has 0 spiro atoms. The molecule has 0 amide bonds. The summed E-state index contributed by atoms with van der Waals surface area (Å²) in [7, 11) is 3.40. The van der Waals surface area contributed by atoms with Crippen molar-refractivity contribution in [1.29, 1.82) is 0 Å². The lowest BCUT2D eigenvalue weighted by atomic mass is 9.99. The summed E-state index contributed by atoms with van der Waals surface area (Å²) in [5, 5.41) is 3.33. The van der Waals surface area contributed by atoms with Crippen LogP contribution in [-0.4, -0.2) is 25.7 Å². The highest BCUT2D eigenvalue weighted by atomic mass is 16.5. The van der Waals surface area contributed by atoms with Gasteiger partial charge in [0.25, 0.3) is 0 Å². The molecule has 0 radical (unpaired) electrons. The Hall–Kier alpha value is -1.35. The van der Waals surface area contributed by atoms with Crippen LogP contribution in [0.15, 0.2) is 24.3 Å². The minimum absolute atomic E-state index is 0.212. The van der Waals surface area contributed by atoms with E-state index in [-0.39, 0.29) is 11.5 Å². The van der Waals surface area contributed by atoms with E-state index in [1.165, 1.54) is 20.0 Å². The molecule has 1 aromatic carbocycles. The first-order valence-corrected chi connectivity index (χ1v) is 5.56. The highest BCUT2D eigenvalue weighted by Gasteiger charge is 2.41. The number of rotatable bonds is 4. The Balaban J connectivity index is 2.23. The zero-order valence-corrected chi connectivity index (χ0v) is 9.75. The first-order valence-electron chi connectivity index (χ1n) is 5.56. The molecule has 0 unspecified atom stereocenters. The molecule has 1 aliphatic rings. The van der Waals surface area contributed by atoms with Crippen LogP contribution in [0.25, 0.3) is 0 Å². The van der Waals surface area contributed by atoms with Gasteiger partial charge in [-0.2, -0.15) is 0 Å². The molecule has 16 heavy (non-hydrogen) atoms. The van der Waals surface area contributed by atoms with Gasteiger partial charge in [-0.25, -0.2) is 4.79 Å². The second-order valence-corrected chi connectivity index (χ2v) is 4.36. The molecule has 3 nitrogen and oxygen atoms in total. The van der Waals surface area contributed by atoms with Gasteiger partial charge in [0.1, 0.15) is 0 Å². The molecule has 0 heterocycles. The molecule has 1 aliphatic carbocycles. The van der Waals surface area contributed by atoms with Crippen molar-refractivity contribution >= 4 is 5.97 Å². The molecule has 0 aromatic heterocycles. The van der Waals surface area contributed by atoms with E-state index in [1.54, 1.807) is 0 Å². The van der Waals surface area contributed by atoms with Crippen LogP contribution in [0.1, 0.15) is 28.8 Å². The van der Waals surface area contributed by atoms with Crippen molar-refractivity contribution in [3.8, 4) is 0 Å². The summed E-state index contributed by atoms with van der Waals surface area (Å²) in [6.07, 6.45) is 3.26. The molecular weight excluding hydrogens is 202 g/mol. The number of likely N-dealkylation sites (N-methyl/N-ethyl adjacent to an activating group) is 1. The van der Waals surface area contributed by atoms with Crippen LogP contribution in [0.3, 0.4) is 0 Å². The molecule has 0 aliphatic heterocycles. The fourth-order valence-electron chi connectivity index (χ4n) is 2.01. The van der Waals surface area contributed by atoms with Crippen LogP contribution >= 0.6 is 0 Å². The molecule has 0 bridgehead atoms. The first kappa shape index (κ1) is 11.1. The van der Waals surface area contributed by atoms with Gasteiger partial charge in [-0.05, 0) is 37.9 Å². The number of benzene rings is 1. The van der Waals surface area contributed by atoms with E-state index < -0.39 is 0 Å². The van der Waals surface area contributed by atoms with Crippen LogP contribution in [0.4, 0.5) is 0 Å². The molecule has 2 rings (SSSR count). The van der Waals surface area contributed by atoms with Gasteiger partial charge in [-0.3, -0.25) is 0 Å². The number of carbonyl (C=O) groups excluding carboxylic acids is 1. The summed E-state index contributed by atoms with van der Waals surface area (Å²) in [5.74, 6) is -0.248. The summed E-state index contributed by atoms with van der Waals surface area (Å²) in [5.41, 5.74) is 1.97. The van der Waals surface area contributed by atoms with Gasteiger partial charge >= 0.3 is 5.97 Å². The van der Waals surface area contributed by atoms with E-state index in [1.807, 2.05) is 31.3 Å². The van der Waals surface area contributed by atoms with Crippen LogP contribution < -0.4 is 5.32 Å². The maximum atomic E-state index is 11.6. The van der Waals surface area contributed by atoms with Gasteiger partial charge in [-0.1, -0.05) is 18.2 Å². The van der Waals surface area contributed by atoms with Gasteiger partial charge in [0.05, 0.1) is 12.7 Å². The minimum atomic E-state index is -0.248. The van der Waals surface area contributed by atoms with Gasteiger partial charge in [0.15, 0.2) is 0 Å². The summed E-state index contributed by atoms with van der Waals surface area (Å²) in [4.78, 5) is 11.6. The molecule has 1 fully saturated rings. The molecule has 0 atom stereocenters. The standard InChI is InChI=1S/C13H17NO2/c1-14-13(7-8-13)9-10-5-3-4-6-11(10)12(15)16-2/h3-6,14H,7-9H2,1-2H3. The molecular formula is C13H17NO2. The van der Waals surface area contributed by atoms with Crippen LogP contribution in [0.5, 0.6) is 0 Å². The topological polar surface area (TPSA) is 38.3 Å². The predicted molar refractivity (Wildman–Crippen MR) is 62.5 cm³/mol. The Morgan fingerprint density at radius 2 is 2.12 bits per heavy atom. The third-order valence-electron chi connectivity index (χ3n) is 3.34. The van der Waals surface area contributed by atoms with Gasteiger partial charge < -0.3 is 10.1 Å². The molecule has 86 valence electrons. The average molecular weight is 219 g/mol. The molecule has 1 N–H and O–H groups in total. The van der Waals surface area contributed by atoms with E-state index in [0.717, 1.165) is 12.0 Å². The van der Waals surface area contributed by atoms with Crippen molar-refractivity contribution in [3.05, 3.63) is 35.4 Å². The van der Waals surface area contributed by atoms with E-state index in [9.17, 15) is 4.79 Å². The Labute approximate surface area is 95.8 Å². The normalized spacial score (nSPS) is 16.9. The highest BCUT2D eigenvalue weighted by molar-refractivity contribution is 5.91. The van der Waals surface area contributed by atoms with E-state index in [2.05, 4.69) is 5.32 Å². The monoisotopic (exact) mass is 219 g/mol. The van der Waals surface area contributed by atoms with E-state index in [0.29, 0.717) is 5.56 Å². The zero-order chi connectivity index (χ0) is 11.6. The Morgan fingerprint density at radius 1 is 1.44 bits per heavy atom. The van der Waals surface area contributed by atoms with Crippen molar-refractivity contribution in [3.63, 3.8) is 0 Å². The molecule has 3 heteroatoms. The first-order chi connectivity index (χ1) is 7.71. The second-order valence-electron chi connectivity index (χ2n) is 4.36. The average Bonchev–Trinajstić information content (AvgIpc) is 3.09. The number of nitrogens with one attached hydrogen (secondary N) is 1. The van der Waals surface area contributed by atoms with Crippen LogP contribution in [-0.2, 0) is 11.2 Å². The number of hydrogen-bond acceptors (Lipinski definition) is 3. The summed E-state index contributed by atoms with van der Waals surface area (Å²) < 4.78 is 4.79. The number of ether oxygens (including phenoxy) is 1. The SMILES string of the molecule is CNC1(Cc2ccccc2C(=O)OC)CC1. The fraction of sp³-hybridized carbons (Fsp3) is 0.462. The van der Waals surface area contributed by atoms with Crippen molar-refractivity contribution in [1.82, 2.24) is 5.32 Å². The number of methoxy groups -OCH3 is 1. The predicted octanol–water partition coefficient (Wildman–Crippen LogP) is 1.77. The Bertz CT molecular complexity index is 397. The van der Waals surface area contributed by atoms with Crippen molar-refractivity contribution in [2.75, 3.05) is 14.2 Å². The van der Waals surface area contributed by atoms with Crippen molar-refractivity contribution in [2.24, 2.45) is 0 Å². The van der Waals surface area contributed by atoms with E-state index >= 15 is 0 Å². The third kappa shape index (κ3) is 2.09. The van der Waals surface area contributed by atoms with Crippen LogP contribution in [0, 0.1) is 0 Å². The maximum absolute atomic E-state index is 11.6. The number of carbonyl (C=O) groups is 1. The molecule has 1 aromatic rings. The largest absolute Gasteiger partial charge is 0.465 e. The smallest absolute Gasteiger partial charge is 0.338 e. The summed E-state index contributed by atoms with van der Waals surface area (Å²) >= 11 is 0. The van der Waals surface area contributed by atoms with Crippen LogP contribution in [0.2, 0.25) is 0 Å². The van der Waals surface area contributed by atoms with Crippen molar-refractivity contribution < 1.29 is 9.53 Å². The maximum Gasteiger partial charge on any atom is 0.338 e. The second kappa shape index (κ2) is 4.26. The number of hydrogen-bond donors (Lipinski definition) is 1. The zero-order valence-electron chi connectivity index (χ0n) is 9.75. The fourth-order valence-corrected chi connectivity index (χ4v) is 2.01. The lowest BCUT2D eigenvalue weighted by Crippen LogP contribution is -2.30. The summed E-state index contributed by atoms with van der Waals surface area (Å²) in [6.45, 7) is 0. The van der Waals surface area contributed by atoms with E-state index in [4.69, 9.17) is 4.74 Å². The number of esters is 1. The Kier molecular flexibility index (Phi) is 2.97. The van der Waals surface area contributed by atoms with Gasteiger partial charge in [0.2, 0.25) is 0 Å². The lowest BCUT2D eigenvalue weighted by Gasteiger charge is -2.15. The quantitative estimate of drug-likeness (QED) is 0.784. The third-order valence-corrected chi connectivity index (χ3v) is 3.34. The van der Waals surface area contributed by atoms with Gasteiger partial charge in [0, 0.05) is 5.54 Å². The Morgan fingerprint density at radius 3 is 2.69 bits per heavy atom. The highest BCUT2D eigenvalue weighted by Crippen LogP contribution is 2.38. The minimum Gasteiger partial charge on any atom is -0.465 e. The molecule has 1 saturated carbocycles.